The minimum atomic E-state index is -0.726. The highest BCUT2D eigenvalue weighted by Gasteiger charge is 2.56. The van der Waals surface area contributed by atoms with Crippen LogP contribution in [0.4, 0.5) is 17.3 Å². The van der Waals surface area contributed by atoms with Crippen LogP contribution in [0.25, 0.3) is 0 Å². The number of quaternary nitrogens is 1. The molecule has 1 aromatic rings. The predicted octanol–water partition coefficient (Wildman–Crippen LogP) is 3.57. The van der Waals surface area contributed by atoms with Gasteiger partial charge in [0.2, 0.25) is 11.5 Å². The average Bonchev–Trinajstić information content (AvgIpc) is 3.24. The van der Waals surface area contributed by atoms with Gasteiger partial charge in [-0.1, -0.05) is 31.9 Å². The van der Waals surface area contributed by atoms with Crippen LogP contribution in [0.15, 0.2) is 29.1 Å². The molecule has 5 unspecified atom stereocenters. The second kappa shape index (κ2) is 8.42. The summed E-state index contributed by atoms with van der Waals surface area (Å²) in [7, 11) is 2.04. The minimum absolute atomic E-state index is 0.0120. The molecule has 0 aromatic carbocycles. The molecule has 4 rings (SSSR count). The number of aliphatic carboxylic acids is 1. The molecular weight excluding hydrogens is 414 g/mol. The highest BCUT2D eigenvalue weighted by Crippen LogP contribution is 2.64. The molecule has 33 heavy (non-hydrogen) atoms. The fourth-order valence-corrected chi connectivity index (χ4v) is 6.86. The number of nitrogens with one attached hydrogen (secondary N) is 1. The van der Waals surface area contributed by atoms with E-state index in [1.165, 1.54) is 16.8 Å². The SMILES string of the molecule is CC(=CC[NH+]1CN(C)c2ncnc(N)c21)CCC1(C)C(C)CCC2(C)C(C)=C(C(=O)O)CC21. The lowest BCUT2D eigenvalue weighted by Gasteiger charge is -2.54. The fraction of sp³-hybridized carbons (Fsp3) is 0.654. The van der Waals surface area contributed by atoms with E-state index in [9.17, 15) is 9.90 Å². The molecule has 1 aliphatic heterocycles. The molecule has 4 N–H and O–H groups in total. The Morgan fingerprint density at radius 3 is 2.82 bits per heavy atom. The van der Waals surface area contributed by atoms with Crippen LogP contribution in [0.2, 0.25) is 0 Å². The van der Waals surface area contributed by atoms with Gasteiger partial charge < -0.3 is 15.7 Å². The monoisotopic (exact) mass is 454 g/mol. The molecule has 2 heterocycles. The zero-order chi connectivity index (χ0) is 24.1. The van der Waals surface area contributed by atoms with Gasteiger partial charge in [0.05, 0.1) is 0 Å². The Labute approximate surface area is 197 Å². The number of nitrogens with zero attached hydrogens (tertiary/aromatic N) is 3. The molecule has 2 aliphatic carbocycles. The van der Waals surface area contributed by atoms with Crippen molar-refractivity contribution in [2.24, 2.45) is 22.7 Å². The summed E-state index contributed by atoms with van der Waals surface area (Å²) in [6.07, 6.45) is 8.96. The second-order valence-corrected chi connectivity index (χ2v) is 11.2. The summed E-state index contributed by atoms with van der Waals surface area (Å²) < 4.78 is 0. The van der Waals surface area contributed by atoms with Crippen molar-refractivity contribution in [1.29, 1.82) is 0 Å². The van der Waals surface area contributed by atoms with Crippen LogP contribution in [-0.2, 0) is 4.79 Å². The Morgan fingerprint density at radius 2 is 2.12 bits per heavy atom. The van der Waals surface area contributed by atoms with Crippen molar-refractivity contribution >= 4 is 23.3 Å². The zero-order valence-electron chi connectivity index (χ0n) is 21.0. The number of aromatic nitrogens is 2. The molecule has 0 saturated heterocycles. The van der Waals surface area contributed by atoms with Gasteiger partial charge in [-0.05, 0) is 74.7 Å². The van der Waals surface area contributed by atoms with Gasteiger partial charge in [0.1, 0.15) is 12.9 Å². The highest BCUT2D eigenvalue weighted by molar-refractivity contribution is 5.88. The van der Waals surface area contributed by atoms with Crippen LogP contribution in [0.1, 0.15) is 66.7 Å². The smallest absolute Gasteiger partial charge is 0.331 e. The number of anilines is 2. The van der Waals surface area contributed by atoms with Crippen LogP contribution in [0.3, 0.4) is 0 Å². The summed E-state index contributed by atoms with van der Waals surface area (Å²) in [4.78, 5) is 23.9. The van der Waals surface area contributed by atoms with Gasteiger partial charge in [0, 0.05) is 12.6 Å². The maximum absolute atomic E-state index is 11.9. The van der Waals surface area contributed by atoms with Crippen molar-refractivity contribution in [2.75, 3.05) is 30.9 Å². The third-order valence-corrected chi connectivity index (χ3v) is 9.52. The summed E-state index contributed by atoms with van der Waals surface area (Å²) >= 11 is 0. The minimum Gasteiger partial charge on any atom is -0.478 e. The predicted molar refractivity (Wildman–Crippen MR) is 131 cm³/mol. The number of allylic oxidation sites excluding steroid dienone is 2. The molecule has 1 saturated carbocycles. The summed E-state index contributed by atoms with van der Waals surface area (Å²) in [6.45, 7) is 13.1. The first-order valence-electron chi connectivity index (χ1n) is 12.2. The molecule has 0 spiro atoms. The number of nitrogen functional groups attached to an aromatic ring is 1. The molecule has 180 valence electrons. The second-order valence-electron chi connectivity index (χ2n) is 11.2. The van der Waals surface area contributed by atoms with Crippen molar-refractivity contribution < 1.29 is 14.8 Å². The quantitative estimate of drug-likeness (QED) is 0.569. The first kappa shape index (κ1) is 23.7. The Balaban J connectivity index is 1.46. The Morgan fingerprint density at radius 1 is 1.39 bits per heavy atom. The molecule has 7 nitrogen and oxygen atoms in total. The average molecular weight is 455 g/mol. The maximum atomic E-state index is 11.9. The standard InChI is InChI=1S/C26H39N5O2/c1-16(9-12-31-15-30(6)23-21(31)22(27)28-14-29-23)7-10-25(4)17(2)8-11-26(5)18(3)19(24(32)33)13-20(25)26/h9,14,17,20H,7-8,10-13,15H2,1-6H3,(H,32,33)(H2,27,28,29)/p+1. The molecule has 0 radical (unpaired) electrons. The number of carboxylic acid groups (broad SMARTS) is 1. The van der Waals surface area contributed by atoms with Gasteiger partial charge in [-0.2, -0.15) is 0 Å². The largest absolute Gasteiger partial charge is 0.478 e. The molecule has 5 atom stereocenters. The van der Waals surface area contributed by atoms with E-state index < -0.39 is 5.97 Å². The molecule has 1 aromatic heterocycles. The number of hydrogen-bond acceptors (Lipinski definition) is 5. The van der Waals surface area contributed by atoms with Gasteiger partial charge in [0.15, 0.2) is 12.5 Å². The first-order chi connectivity index (χ1) is 15.5. The van der Waals surface area contributed by atoms with E-state index in [2.05, 4.69) is 55.6 Å². The third-order valence-electron chi connectivity index (χ3n) is 9.52. The maximum Gasteiger partial charge on any atom is 0.331 e. The number of rotatable bonds is 6. The van der Waals surface area contributed by atoms with E-state index in [0.29, 0.717) is 29.6 Å². The van der Waals surface area contributed by atoms with Gasteiger partial charge in [-0.3, -0.25) is 4.90 Å². The van der Waals surface area contributed by atoms with Crippen LogP contribution in [0.5, 0.6) is 0 Å². The van der Waals surface area contributed by atoms with E-state index in [-0.39, 0.29) is 10.8 Å². The molecule has 1 fully saturated rings. The van der Waals surface area contributed by atoms with E-state index in [1.807, 2.05) is 7.05 Å². The number of carbonyl (C=O) groups is 1. The van der Waals surface area contributed by atoms with Crippen molar-refractivity contribution in [1.82, 2.24) is 9.97 Å². The Kier molecular flexibility index (Phi) is 6.06. The zero-order valence-corrected chi connectivity index (χ0v) is 21.0. The summed E-state index contributed by atoms with van der Waals surface area (Å²) in [5, 5.41) is 9.79. The van der Waals surface area contributed by atoms with E-state index in [4.69, 9.17) is 5.73 Å². The molecule has 3 aliphatic rings. The lowest BCUT2D eigenvalue weighted by atomic mass is 9.50. The van der Waals surface area contributed by atoms with Crippen molar-refractivity contribution in [3.05, 3.63) is 29.1 Å². The lowest BCUT2D eigenvalue weighted by molar-refractivity contribution is -0.818. The fourth-order valence-electron chi connectivity index (χ4n) is 6.86. The van der Waals surface area contributed by atoms with Gasteiger partial charge in [-0.15, -0.1) is 0 Å². The first-order valence-corrected chi connectivity index (χ1v) is 12.2. The highest BCUT2D eigenvalue weighted by atomic mass is 16.4. The molecular formula is C26H40N5O2+. The topological polar surface area (TPSA) is 96.8 Å². The van der Waals surface area contributed by atoms with Crippen LogP contribution < -0.4 is 15.5 Å². The number of hydrogen-bond donors (Lipinski definition) is 3. The van der Waals surface area contributed by atoms with Crippen LogP contribution in [-0.4, -0.2) is 41.3 Å². The van der Waals surface area contributed by atoms with Crippen molar-refractivity contribution in [3.63, 3.8) is 0 Å². The van der Waals surface area contributed by atoms with Crippen LogP contribution in [0, 0.1) is 22.7 Å². The van der Waals surface area contributed by atoms with Crippen molar-refractivity contribution in [3.8, 4) is 0 Å². The van der Waals surface area contributed by atoms with E-state index >= 15 is 0 Å². The summed E-state index contributed by atoms with van der Waals surface area (Å²) in [6, 6.07) is 0. The Bertz CT molecular complexity index is 1020. The van der Waals surface area contributed by atoms with Crippen LogP contribution >= 0.6 is 0 Å². The van der Waals surface area contributed by atoms with E-state index in [1.54, 1.807) is 0 Å². The summed E-state index contributed by atoms with van der Waals surface area (Å²) in [5.41, 5.74) is 10.5. The van der Waals surface area contributed by atoms with E-state index in [0.717, 1.165) is 56.0 Å². The molecule has 0 bridgehead atoms. The Hall–Kier alpha value is -2.41. The summed E-state index contributed by atoms with van der Waals surface area (Å²) in [5.74, 6) is 1.74. The number of nitrogens with two attached hydrogens (primary N) is 1. The normalized spacial score (nSPS) is 33.9. The third kappa shape index (κ3) is 3.84. The lowest BCUT2D eigenvalue weighted by Crippen LogP contribution is -3.06. The molecule has 7 heteroatoms. The van der Waals surface area contributed by atoms with Gasteiger partial charge >= 0.3 is 5.97 Å². The number of carboxylic acids is 1. The van der Waals surface area contributed by atoms with Gasteiger partial charge in [-0.25, -0.2) is 14.8 Å². The van der Waals surface area contributed by atoms with Crippen molar-refractivity contribution in [2.45, 2.75) is 66.7 Å². The van der Waals surface area contributed by atoms with Gasteiger partial charge in [0.25, 0.3) is 0 Å². The molecule has 0 amide bonds. The number of fused-ring (bicyclic) bond motifs is 2.